The molecule has 1 rings (SSSR count). The van der Waals surface area contributed by atoms with E-state index in [9.17, 15) is 13.2 Å². The van der Waals surface area contributed by atoms with Crippen molar-refractivity contribution in [2.75, 3.05) is 46.8 Å². The molecular weight excluding hydrogens is 235 g/mol. The summed E-state index contributed by atoms with van der Waals surface area (Å²) in [6.45, 7) is 2.71. The summed E-state index contributed by atoms with van der Waals surface area (Å²) < 4.78 is 36.1. The van der Waals surface area contributed by atoms with Gasteiger partial charge in [-0.25, -0.2) is 0 Å². The highest BCUT2D eigenvalue weighted by Gasteiger charge is 2.37. The maximum Gasteiger partial charge on any atom is 0.415 e. The fourth-order valence-corrected chi connectivity index (χ4v) is 1.82. The van der Waals surface area contributed by atoms with E-state index in [0.717, 1.165) is 19.6 Å². The number of aliphatic hydroxyl groups is 1. The van der Waals surface area contributed by atoms with Crippen molar-refractivity contribution < 1.29 is 18.3 Å². The maximum atomic E-state index is 12.0. The summed E-state index contributed by atoms with van der Waals surface area (Å²) >= 11 is 0. The summed E-state index contributed by atoms with van der Waals surface area (Å²) in [5, 5.41) is 11.5. The lowest BCUT2D eigenvalue weighted by molar-refractivity contribution is -0.201. The molecule has 1 saturated heterocycles. The molecule has 2 unspecified atom stereocenters. The molecule has 0 bridgehead atoms. The smallest absolute Gasteiger partial charge is 0.382 e. The molecule has 0 aromatic rings. The van der Waals surface area contributed by atoms with Gasteiger partial charge in [-0.3, -0.25) is 4.90 Å². The molecule has 2 N–H and O–H groups in total. The molecule has 1 aliphatic heterocycles. The van der Waals surface area contributed by atoms with Gasteiger partial charge in [0, 0.05) is 38.8 Å². The summed E-state index contributed by atoms with van der Waals surface area (Å²) in [6.07, 6.45) is -6.82. The van der Waals surface area contributed by atoms with Crippen LogP contribution >= 0.6 is 0 Å². The molecule has 1 heterocycles. The predicted octanol–water partition coefficient (Wildman–Crippen LogP) is -0.255. The molecule has 1 fully saturated rings. The van der Waals surface area contributed by atoms with Crippen molar-refractivity contribution in [2.24, 2.45) is 0 Å². The Bertz CT molecular complexity index is 237. The Morgan fingerprint density at radius 3 is 2.59 bits per heavy atom. The van der Waals surface area contributed by atoms with E-state index in [4.69, 9.17) is 5.11 Å². The van der Waals surface area contributed by atoms with Crippen LogP contribution in [0, 0.1) is 0 Å². The predicted molar refractivity (Wildman–Crippen MR) is 58.8 cm³/mol. The van der Waals surface area contributed by atoms with Crippen LogP contribution in [0.2, 0.25) is 0 Å². The second kappa shape index (κ2) is 5.99. The van der Waals surface area contributed by atoms with E-state index in [2.05, 4.69) is 15.1 Å². The molecule has 0 amide bonds. The molecule has 0 aromatic heterocycles. The Balaban J connectivity index is 2.26. The SMILES string of the molecule is CN1CCN(C)C(CNCC(O)C(F)(F)F)C1. The molecule has 4 nitrogen and oxygen atoms in total. The highest BCUT2D eigenvalue weighted by molar-refractivity contribution is 4.81. The summed E-state index contributed by atoms with van der Waals surface area (Å²) in [5.41, 5.74) is 0. The molecular formula is C10H20F3N3O. The number of hydrogen-bond acceptors (Lipinski definition) is 4. The Morgan fingerprint density at radius 1 is 1.35 bits per heavy atom. The van der Waals surface area contributed by atoms with Crippen molar-refractivity contribution in [3.8, 4) is 0 Å². The maximum absolute atomic E-state index is 12.0. The van der Waals surface area contributed by atoms with Crippen molar-refractivity contribution in [1.29, 1.82) is 0 Å². The fourth-order valence-electron chi connectivity index (χ4n) is 1.82. The van der Waals surface area contributed by atoms with E-state index >= 15 is 0 Å². The molecule has 102 valence electrons. The van der Waals surface area contributed by atoms with Crippen LogP contribution in [0.15, 0.2) is 0 Å². The summed E-state index contributed by atoms with van der Waals surface area (Å²) in [4.78, 5) is 4.26. The standard InChI is InChI=1S/C10H20F3N3O/c1-15-3-4-16(2)8(7-15)5-14-6-9(17)10(11,12)13/h8-9,14,17H,3-7H2,1-2H3. The van der Waals surface area contributed by atoms with Crippen molar-refractivity contribution in [1.82, 2.24) is 15.1 Å². The van der Waals surface area contributed by atoms with E-state index < -0.39 is 18.8 Å². The first-order chi connectivity index (χ1) is 7.80. The number of aliphatic hydroxyl groups excluding tert-OH is 1. The molecule has 0 aliphatic carbocycles. The molecule has 2 atom stereocenters. The zero-order valence-electron chi connectivity index (χ0n) is 10.2. The van der Waals surface area contributed by atoms with E-state index in [1.54, 1.807) is 0 Å². The first-order valence-corrected chi connectivity index (χ1v) is 5.65. The second-order valence-corrected chi connectivity index (χ2v) is 4.61. The second-order valence-electron chi connectivity index (χ2n) is 4.61. The average Bonchev–Trinajstić information content (AvgIpc) is 2.21. The monoisotopic (exact) mass is 255 g/mol. The number of nitrogens with one attached hydrogen (secondary N) is 1. The van der Waals surface area contributed by atoms with Gasteiger partial charge in [-0.1, -0.05) is 0 Å². The largest absolute Gasteiger partial charge is 0.415 e. The van der Waals surface area contributed by atoms with Gasteiger partial charge in [-0.05, 0) is 14.1 Å². The van der Waals surface area contributed by atoms with Crippen molar-refractivity contribution in [3.63, 3.8) is 0 Å². The van der Waals surface area contributed by atoms with Crippen molar-refractivity contribution >= 4 is 0 Å². The van der Waals surface area contributed by atoms with Crippen LogP contribution < -0.4 is 5.32 Å². The number of alkyl halides is 3. The van der Waals surface area contributed by atoms with E-state index in [-0.39, 0.29) is 6.04 Å². The highest BCUT2D eigenvalue weighted by Crippen LogP contribution is 2.19. The number of likely N-dealkylation sites (N-methyl/N-ethyl adjacent to an activating group) is 2. The van der Waals surface area contributed by atoms with Gasteiger partial charge in [0.15, 0.2) is 6.10 Å². The molecule has 17 heavy (non-hydrogen) atoms. The zero-order valence-corrected chi connectivity index (χ0v) is 10.2. The molecule has 0 radical (unpaired) electrons. The van der Waals surface area contributed by atoms with Crippen molar-refractivity contribution in [2.45, 2.75) is 18.3 Å². The summed E-state index contributed by atoms with van der Waals surface area (Å²) in [7, 11) is 3.95. The lowest BCUT2D eigenvalue weighted by atomic mass is 10.2. The summed E-state index contributed by atoms with van der Waals surface area (Å²) in [6, 6.07) is 0.189. The van der Waals surface area contributed by atoms with Crippen LogP contribution in [-0.2, 0) is 0 Å². The Hall–Kier alpha value is -0.370. The molecule has 1 aliphatic rings. The highest BCUT2D eigenvalue weighted by atomic mass is 19.4. The average molecular weight is 255 g/mol. The number of hydrogen-bond donors (Lipinski definition) is 2. The Labute approximate surface area is 99.4 Å². The minimum absolute atomic E-state index is 0.189. The van der Waals surface area contributed by atoms with Crippen LogP contribution in [0.5, 0.6) is 0 Å². The van der Waals surface area contributed by atoms with Gasteiger partial charge in [-0.2, -0.15) is 13.2 Å². The van der Waals surface area contributed by atoms with Gasteiger partial charge in [0.25, 0.3) is 0 Å². The quantitative estimate of drug-likeness (QED) is 0.726. The Morgan fingerprint density at radius 2 is 2.00 bits per heavy atom. The summed E-state index contributed by atoms with van der Waals surface area (Å²) in [5.74, 6) is 0. The van der Waals surface area contributed by atoms with Gasteiger partial charge < -0.3 is 15.3 Å². The van der Waals surface area contributed by atoms with Crippen LogP contribution in [-0.4, -0.2) is 80.0 Å². The van der Waals surface area contributed by atoms with Crippen LogP contribution in [0.1, 0.15) is 0 Å². The minimum atomic E-state index is -4.54. The normalized spacial score (nSPS) is 26.1. The number of piperazine rings is 1. The third-order valence-electron chi connectivity index (χ3n) is 3.08. The number of rotatable bonds is 4. The Kier molecular flexibility index (Phi) is 5.18. The first-order valence-electron chi connectivity index (χ1n) is 5.65. The number of halogens is 3. The van der Waals surface area contributed by atoms with Gasteiger partial charge in [0.05, 0.1) is 0 Å². The lowest BCUT2D eigenvalue weighted by Gasteiger charge is -2.38. The first kappa shape index (κ1) is 14.7. The van der Waals surface area contributed by atoms with Gasteiger partial charge >= 0.3 is 6.18 Å². The number of nitrogens with zero attached hydrogens (tertiary/aromatic N) is 2. The fraction of sp³-hybridized carbons (Fsp3) is 1.00. The van der Waals surface area contributed by atoms with Crippen LogP contribution in [0.4, 0.5) is 13.2 Å². The van der Waals surface area contributed by atoms with E-state index in [0.29, 0.717) is 6.54 Å². The van der Waals surface area contributed by atoms with Gasteiger partial charge in [0.2, 0.25) is 0 Å². The van der Waals surface area contributed by atoms with Gasteiger partial charge in [0.1, 0.15) is 0 Å². The third-order valence-corrected chi connectivity index (χ3v) is 3.08. The van der Waals surface area contributed by atoms with Gasteiger partial charge in [-0.15, -0.1) is 0 Å². The molecule has 0 spiro atoms. The minimum Gasteiger partial charge on any atom is -0.382 e. The van der Waals surface area contributed by atoms with Crippen LogP contribution in [0.3, 0.4) is 0 Å². The van der Waals surface area contributed by atoms with E-state index in [1.165, 1.54) is 0 Å². The van der Waals surface area contributed by atoms with E-state index in [1.807, 2.05) is 14.1 Å². The third kappa shape index (κ3) is 4.79. The molecule has 0 aromatic carbocycles. The zero-order chi connectivity index (χ0) is 13.1. The molecule has 7 heteroatoms. The van der Waals surface area contributed by atoms with Crippen molar-refractivity contribution in [3.05, 3.63) is 0 Å². The molecule has 0 saturated carbocycles. The lowest BCUT2D eigenvalue weighted by Crippen LogP contribution is -2.54. The topological polar surface area (TPSA) is 38.7 Å². The van der Waals surface area contributed by atoms with Crippen LogP contribution in [0.25, 0.3) is 0 Å².